The topological polar surface area (TPSA) is 91.4 Å². The third kappa shape index (κ3) is 3.29. The average molecular weight is 296 g/mol. The Labute approximate surface area is 124 Å². The summed E-state index contributed by atoms with van der Waals surface area (Å²) in [6.07, 6.45) is 1.76. The molecule has 118 valence electrons. The first kappa shape index (κ1) is 15.6. The van der Waals surface area contributed by atoms with Crippen LogP contribution < -0.4 is 11.1 Å². The lowest BCUT2D eigenvalue weighted by atomic mass is 10.1. The standard InChI is InChI=1S/C14H24N4O3/c1-14(2,3)18-11(15)10(13(19)20-4)12(17-18)16-9-5-7-21-8-6-9/h9H,5-8,15H2,1-4H3,(H,16,17). The minimum atomic E-state index is -0.474. The molecule has 0 saturated carbocycles. The Morgan fingerprint density at radius 1 is 1.43 bits per heavy atom. The molecule has 0 radical (unpaired) electrons. The molecule has 1 aliphatic heterocycles. The number of nitrogen functional groups attached to an aromatic ring is 1. The lowest BCUT2D eigenvalue weighted by molar-refractivity contribution is 0.0602. The van der Waals surface area contributed by atoms with Gasteiger partial charge < -0.3 is 20.5 Å². The highest BCUT2D eigenvalue weighted by molar-refractivity contribution is 5.99. The van der Waals surface area contributed by atoms with E-state index in [4.69, 9.17) is 15.2 Å². The lowest BCUT2D eigenvalue weighted by Crippen LogP contribution is -2.29. The van der Waals surface area contributed by atoms with Crippen LogP contribution in [0.25, 0.3) is 0 Å². The zero-order valence-electron chi connectivity index (χ0n) is 13.1. The molecule has 21 heavy (non-hydrogen) atoms. The minimum absolute atomic E-state index is 0.227. The van der Waals surface area contributed by atoms with Crippen molar-refractivity contribution in [2.75, 3.05) is 31.4 Å². The van der Waals surface area contributed by atoms with Crippen molar-refractivity contribution < 1.29 is 14.3 Å². The number of hydrogen-bond donors (Lipinski definition) is 2. The molecule has 0 atom stereocenters. The van der Waals surface area contributed by atoms with E-state index in [0.29, 0.717) is 30.4 Å². The van der Waals surface area contributed by atoms with Gasteiger partial charge >= 0.3 is 5.97 Å². The number of methoxy groups -OCH3 is 1. The van der Waals surface area contributed by atoms with Gasteiger partial charge in [0.1, 0.15) is 11.4 Å². The number of nitrogens with two attached hydrogens (primary N) is 1. The molecule has 0 spiro atoms. The molecule has 1 aliphatic rings. The highest BCUT2D eigenvalue weighted by atomic mass is 16.5. The summed E-state index contributed by atoms with van der Waals surface area (Å²) in [4.78, 5) is 12.0. The van der Waals surface area contributed by atoms with Crippen molar-refractivity contribution in [3.05, 3.63) is 5.56 Å². The third-order valence-corrected chi connectivity index (χ3v) is 3.51. The molecule has 7 heteroatoms. The van der Waals surface area contributed by atoms with E-state index in [1.54, 1.807) is 4.68 Å². The van der Waals surface area contributed by atoms with Gasteiger partial charge in [0.15, 0.2) is 5.82 Å². The van der Waals surface area contributed by atoms with Crippen LogP contribution in [0.15, 0.2) is 0 Å². The maximum absolute atomic E-state index is 12.0. The number of anilines is 2. The zero-order chi connectivity index (χ0) is 15.6. The van der Waals surface area contributed by atoms with Gasteiger partial charge in [-0.1, -0.05) is 0 Å². The number of ether oxygens (including phenoxy) is 2. The number of aromatic nitrogens is 2. The Bertz CT molecular complexity index is 513. The molecule has 0 bridgehead atoms. The SMILES string of the molecule is COC(=O)c1c(NC2CCOCC2)nn(C(C)(C)C)c1N. The van der Waals surface area contributed by atoms with Crippen molar-refractivity contribution in [1.82, 2.24) is 9.78 Å². The summed E-state index contributed by atoms with van der Waals surface area (Å²) in [6.45, 7) is 7.36. The maximum Gasteiger partial charge on any atom is 0.345 e. The molecular formula is C14H24N4O3. The first-order chi connectivity index (χ1) is 9.84. The van der Waals surface area contributed by atoms with Crippen LogP contribution in [0.4, 0.5) is 11.6 Å². The van der Waals surface area contributed by atoms with Gasteiger partial charge in [0, 0.05) is 19.3 Å². The fourth-order valence-electron chi connectivity index (χ4n) is 2.38. The molecule has 7 nitrogen and oxygen atoms in total. The van der Waals surface area contributed by atoms with Crippen molar-refractivity contribution in [2.45, 2.75) is 45.2 Å². The summed E-state index contributed by atoms with van der Waals surface area (Å²) in [5.74, 6) is 0.336. The second-order valence-corrected chi connectivity index (χ2v) is 6.21. The normalized spacial score (nSPS) is 16.8. The zero-order valence-corrected chi connectivity index (χ0v) is 13.1. The van der Waals surface area contributed by atoms with Crippen LogP contribution in [-0.2, 0) is 15.0 Å². The number of hydrogen-bond acceptors (Lipinski definition) is 6. The van der Waals surface area contributed by atoms with E-state index in [0.717, 1.165) is 12.8 Å². The highest BCUT2D eigenvalue weighted by Crippen LogP contribution is 2.29. The minimum Gasteiger partial charge on any atom is -0.465 e. The van der Waals surface area contributed by atoms with Gasteiger partial charge in [0.25, 0.3) is 0 Å². The predicted molar refractivity (Wildman–Crippen MR) is 80.4 cm³/mol. The fourth-order valence-corrected chi connectivity index (χ4v) is 2.38. The molecular weight excluding hydrogens is 272 g/mol. The van der Waals surface area contributed by atoms with Crippen LogP contribution in [0.1, 0.15) is 44.0 Å². The summed E-state index contributed by atoms with van der Waals surface area (Å²) in [5, 5.41) is 7.79. The molecule has 1 fully saturated rings. The van der Waals surface area contributed by atoms with Gasteiger partial charge in [-0.3, -0.25) is 0 Å². The van der Waals surface area contributed by atoms with E-state index in [2.05, 4.69) is 10.4 Å². The van der Waals surface area contributed by atoms with Crippen molar-refractivity contribution in [3.8, 4) is 0 Å². The van der Waals surface area contributed by atoms with Crippen LogP contribution in [-0.4, -0.2) is 42.1 Å². The van der Waals surface area contributed by atoms with E-state index >= 15 is 0 Å². The number of carbonyl (C=O) groups excluding carboxylic acids is 1. The Balaban J connectivity index is 2.35. The first-order valence-electron chi connectivity index (χ1n) is 7.16. The monoisotopic (exact) mass is 296 g/mol. The van der Waals surface area contributed by atoms with E-state index in [1.807, 2.05) is 20.8 Å². The Morgan fingerprint density at radius 2 is 2.05 bits per heavy atom. The molecule has 0 aromatic carbocycles. The molecule has 0 unspecified atom stereocenters. The van der Waals surface area contributed by atoms with Gasteiger partial charge in [-0.2, -0.15) is 5.10 Å². The Kier molecular flexibility index (Phi) is 4.41. The molecule has 1 aromatic rings. The lowest BCUT2D eigenvalue weighted by Gasteiger charge is -2.23. The summed E-state index contributed by atoms with van der Waals surface area (Å²) >= 11 is 0. The quantitative estimate of drug-likeness (QED) is 0.823. The fraction of sp³-hybridized carbons (Fsp3) is 0.714. The molecule has 3 N–H and O–H groups in total. The third-order valence-electron chi connectivity index (χ3n) is 3.51. The highest BCUT2D eigenvalue weighted by Gasteiger charge is 2.29. The molecule has 0 amide bonds. The largest absolute Gasteiger partial charge is 0.465 e. The van der Waals surface area contributed by atoms with E-state index in [1.165, 1.54) is 7.11 Å². The predicted octanol–water partition coefficient (Wildman–Crippen LogP) is 1.60. The van der Waals surface area contributed by atoms with Gasteiger partial charge in [0.2, 0.25) is 0 Å². The molecule has 2 heterocycles. The van der Waals surface area contributed by atoms with E-state index in [-0.39, 0.29) is 11.6 Å². The van der Waals surface area contributed by atoms with Crippen molar-refractivity contribution >= 4 is 17.6 Å². The van der Waals surface area contributed by atoms with Crippen LogP contribution in [0.3, 0.4) is 0 Å². The van der Waals surface area contributed by atoms with Crippen molar-refractivity contribution in [3.63, 3.8) is 0 Å². The number of rotatable bonds is 3. The summed E-state index contributed by atoms with van der Waals surface area (Å²) in [5.41, 5.74) is 6.09. The van der Waals surface area contributed by atoms with Crippen molar-refractivity contribution in [2.24, 2.45) is 0 Å². The van der Waals surface area contributed by atoms with E-state index < -0.39 is 5.97 Å². The summed E-state index contributed by atoms with van der Waals surface area (Å²) in [7, 11) is 1.34. The second kappa shape index (κ2) is 5.93. The van der Waals surface area contributed by atoms with Crippen LogP contribution in [0, 0.1) is 0 Å². The molecule has 1 aromatic heterocycles. The number of nitrogens with one attached hydrogen (secondary N) is 1. The van der Waals surface area contributed by atoms with Crippen LogP contribution in [0.5, 0.6) is 0 Å². The smallest absolute Gasteiger partial charge is 0.345 e. The van der Waals surface area contributed by atoms with Crippen molar-refractivity contribution in [1.29, 1.82) is 0 Å². The number of carbonyl (C=O) groups is 1. The van der Waals surface area contributed by atoms with Crippen LogP contribution in [0.2, 0.25) is 0 Å². The summed E-state index contributed by atoms with van der Waals surface area (Å²) in [6, 6.07) is 0.227. The molecule has 2 rings (SSSR count). The van der Waals surface area contributed by atoms with Gasteiger partial charge in [-0.25, -0.2) is 9.48 Å². The molecule has 1 saturated heterocycles. The Morgan fingerprint density at radius 3 is 2.57 bits per heavy atom. The van der Waals surface area contributed by atoms with Gasteiger partial charge in [-0.15, -0.1) is 0 Å². The number of nitrogens with zero attached hydrogens (tertiary/aromatic N) is 2. The first-order valence-corrected chi connectivity index (χ1v) is 7.16. The number of esters is 1. The second-order valence-electron chi connectivity index (χ2n) is 6.21. The van der Waals surface area contributed by atoms with Gasteiger partial charge in [0.05, 0.1) is 12.6 Å². The maximum atomic E-state index is 12.0. The van der Waals surface area contributed by atoms with E-state index in [9.17, 15) is 4.79 Å². The Hall–Kier alpha value is -1.76. The summed E-state index contributed by atoms with van der Waals surface area (Å²) < 4.78 is 11.8. The molecule has 0 aliphatic carbocycles. The van der Waals surface area contributed by atoms with Crippen LogP contribution >= 0.6 is 0 Å². The van der Waals surface area contributed by atoms with Gasteiger partial charge in [-0.05, 0) is 33.6 Å². The average Bonchev–Trinajstić information content (AvgIpc) is 2.76.